The van der Waals surface area contributed by atoms with E-state index in [4.69, 9.17) is 14.7 Å². The van der Waals surface area contributed by atoms with Crippen LogP contribution in [0.3, 0.4) is 0 Å². The quantitative estimate of drug-likeness (QED) is 0.857. The van der Waals surface area contributed by atoms with Crippen LogP contribution in [0.1, 0.15) is 31.2 Å². The van der Waals surface area contributed by atoms with E-state index < -0.39 is 0 Å². The van der Waals surface area contributed by atoms with Crippen LogP contribution in [0.4, 0.5) is 5.69 Å². The Bertz CT molecular complexity index is 527. The van der Waals surface area contributed by atoms with E-state index in [9.17, 15) is 0 Å². The molecule has 1 aromatic carbocycles. The van der Waals surface area contributed by atoms with Gasteiger partial charge in [-0.15, -0.1) is 0 Å². The maximum atomic E-state index is 8.88. The van der Waals surface area contributed by atoms with Crippen LogP contribution in [0, 0.1) is 17.2 Å². The molecule has 3 rings (SSSR count). The van der Waals surface area contributed by atoms with E-state index in [1.165, 1.54) is 12.1 Å². The second-order valence-electron chi connectivity index (χ2n) is 6.49. The van der Waals surface area contributed by atoms with Crippen LogP contribution >= 0.6 is 0 Å². The Balaban J connectivity index is 1.55. The van der Waals surface area contributed by atoms with Gasteiger partial charge in [0.15, 0.2) is 0 Å². The maximum absolute atomic E-state index is 8.88. The molecule has 0 amide bonds. The van der Waals surface area contributed by atoms with Gasteiger partial charge < -0.3 is 14.4 Å². The van der Waals surface area contributed by atoms with Crippen molar-refractivity contribution in [3.8, 4) is 6.07 Å². The van der Waals surface area contributed by atoms with Gasteiger partial charge in [-0.2, -0.15) is 5.26 Å². The van der Waals surface area contributed by atoms with Gasteiger partial charge in [-0.1, -0.05) is 0 Å². The van der Waals surface area contributed by atoms with E-state index in [1.807, 2.05) is 24.3 Å². The Morgan fingerprint density at radius 3 is 2.68 bits per heavy atom. The molecule has 2 saturated heterocycles. The molecule has 0 radical (unpaired) electrons. The number of nitrogens with zero attached hydrogens (tertiary/aromatic N) is 2. The Morgan fingerprint density at radius 1 is 1.32 bits per heavy atom. The van der Waals surface area contributed by atoms with Crippen LogP contribution in [-0.2, 0) is 9.47 Å². The monoisotopic (exact) mass is 300 g/mol. The highest BCUT2D eigenvalue weighted by molar-refractivity contribution is 5.50. The molecule has 22 heavy (non-hydrogen) atoms. The topological polar surface area (TPSA) is 45.5 Å². The second-order valence-corrected chi connectivity index (χ2v) is 6.49. The molecule has 2 aliphatic heterocycles. The molecule has 118 valence electrons. The number of rotatable bonds is 4. The standard InChI is InChI=1S/C18H24N2O2/c1-21-11-6-16-12-18(22-14-16)7-9-20(10-8-18)17-4-2-15(13-19)3-5-17/h2-5,16H,6-12,14H2,1H3/t16-/m1/s1. The molecule has 0 saturated carbocycles. The summed E-state index contributed by atoms with van der Waals surface area (Å²) >= 11 is 0. The third-order valence-corrected chi connectivity index (χ3v) is 5.05. The van der Waals surface area contributed by atoms with E-state index in [0.29, 0.717) is 5.92 Å². The number of anilines is 1. The number of hydrogen-bond donors (Lipinski definition) is 0. The number of methoxy groups -OCH3 is 1. The van der Waals surface area contributed by atoms with Crippen LogP contribution < -0.4 is 4.90 Å². The predicted octanol–water partition coefficient (Wildman–Crippen LogP) is 2.97. The van der Waals surface area contributed by atoms with Gasteiger partial charge in [0, 0.05) is 32.5 Å². The molecule has 2 fully saturated rings. The summed E-state index contributed by atoms with van der Waals surface area (Å²) in [5.41, 5.74) is 2.03. The summed E-state index contributed by atoms with van der Waals surface area (Å²) in [7, 11) is 1.77. The van der Waals surface area contributed by atoms with Crippen molar-refractivity contribution in [3.63, 3.8) is 0 Å². The summed E-state index contributed by atoms with van der Waals surface area (Å²) in [4.78, 5) is 2.40. The zero-order chi connectivity index (χ0) is 15.4. The largest absolute Gasteiger partial charge is 0.385 e. The van der Waals surface area contributed by atoms with Crippen LogP contribution in [0.15, 0.2) is 24.3 Å². The fraction of sp³-hybridized carbons (Fsp3) is 0.611. The molecule has 0 unspecified atom stereocenters. The van der Waals surface area contributed by atoms with Crippen molar-refractivity contribution in [1.29, 1.82) is 5.26 Å². The van der Waals surface area contributed by atoms with Crippen molar-refractivity contribution in [3.05, 3.63) is 29.8 Å². The summed E-state index contributed by atoms with van der Waals surface area (Å²) in [6.07, 6.45) is 4.47. The molecule has 1 atom stereocenters. The van der Waals surface area contributed by atoms with Gasteiger partial charge >= 0.3 is 0 Å². The third-order valence-electron chi connectivity index (χ3n) is 5.05. The van der Waals surface area contributed by atoms with E-state index in [0.717, 1.165) is 51.1 Å². The number of hydrogen-bond acceptors (Lipinski definition) is 4. The highest BCUT2D eigenvalue weighted by atomic mass is 16.5. The van der Waals surface area contributed by atoms with Gasteiger partial charge in [0.1, 0.15) is 0 Å². The lowest BCUT2D eigenvalue weighted by atomic mass is 9.84. The summed E-state index contributed by atoms with van der Waals surface area (Å²) in [5.74, 6) is 0.654. The van der Waals surface area contributed by atoms with Crippen molar-refractivity contribution >= 4 is 5.69 Å². The first kappa shape index (κ1) is 15.3. The first-order chi connectivity index (χ1) is 10.7. The fourth-order valence-corrected chi connectivity index (χ4v) is 3.68. The smallest absolute Gasteiger partial charge is 0.0991 e. The highest BCUT2D eigenvalue weighted by Crippen LogP contribution is 2.40. The van der Waals surface area contributed by atoms with Gasteiger partial charge in [0.05, 0.1) is 23.8 Å². The summed E-state index contributed by atoms with van der Waals surface area (Å²) in [6, 6.07) is 10.1. The first-order valence-corrected chi connectivity index (χ1v) is 8.13. The first-order valence-electron chi connectivity index (χ1n) is 8.13. The zero-order valence-electron chi connectivity index (χ0n) is 13.3. The van der Waals surface area contributed by atoms with Gasteiger partial charge in [0.25, 0.3) is 0 Å². The Labute approximate surface area is 132 Å². The van der Waals surface area contributed by atoms with Crippen LogP contribution in [0.2, 0.25) is 0 Å². The average molecular weight is 300 g/mol. The van der Waals surface area contributed by atoms with E-state index in [1.54, 1.807) is 7.11 Å². The van der Waals surface area contributed by atoms with Crippen molar-refractivity contribution in [2.45, 2.75) is 31.3 Å². The fourth-order valence-electron chi connectivity index (χ4n) is 3.68. The zero-order valence-corrected chi connectivity index (χ0v) is 13.3. The van der Waals surface area contributed by atoms with Gasteiger partial charge in [-0.3, -0.25) is 0 Å². The molecule has 1 aromatic rings. The number of nitriles is 1. The molecule has 4 nitrogen and oxygen atoms in total. The predicted molar refractivity (Wildman–Crippen MR) is 85.9 cm³/mol. The van der Waals surface area contributed by atoms with Crippen LogP contribution in [-0.4, -0.2) is 39.0 Å². The normalized spacial score (nSPS) is 23.6. The summed E-state index contributed by atoms with van der Waals surface area (Å²) < 4.78 is 11.4. The Morgan fingerprint density at radius 2 is 2.05 bits per heavy atom. The van der Waals surface area contributed by atoms with Crippen molar-refractivity contribution < 1.29 is 9.47 Å². The van der Waals surface area contributed by atoms with E-state index >= 15 is 0 Å². The molecule has 0 aliphatic carbocycles. The molecule has 0 bridgehead atoms. The lowest BCUT2D eigenvalue weighted by Gasteiger charge is -2.40. The molecular weight excluding hydrogens is 276 g/mol. The molecule has 0 aromatic heterocycles. The maximum Gasteiger partial charge on any atom is 0.0991 e. The number of piperidine rings is 1. The SMILES string of the molecule is COCC[C@H]1COC2(CCN(c3ccc(C#N)cc3)CC2)C1. The average Bonchev–Trinajstić information content (AvgIpc) is 2.96. The van der Waals surface area contributed by atoms with Gasteiger partial charge in [-0.05, 0) is 55.9 Å². The van der Waals surface area contributed by atoms with Crippen LogP contribution in [0.25, 0.3) is 0 Å². The minimum atomic E-state index is 0.0987. The highest BCUT2D eigenvalue weighted by Gasteiger charge is 2.42. The summed E-state index contributed by atoms with van der Waals surface area (Å²) in [5, 5.41) is 8.88. The lowest BCUT2D eigenvalue weighted by molar-refractivity contribution is -0.0154. The van der Waals surface area contributed by atoms with E-state index in [-0.39, 0.29) is 5.60 Å². The van der Waals surface area contributed by atoms with Crippen LogP contribution in [0.5, 0.6) is 0 Å². The third kappa shape index (κ3) is 3.26. The molecular formula is C18H24N2O2. The van der Waals surface area contributed by atoms with E-state index in [2.05, 4.69) is 11.0 Å². The lowest BCUT2D eigenvalue weighted by Crippen LogP contribution is -2.44. The molecule has 0 N–H and O–H groups in total. The van der Waals surface area contributed by atoms with Crippen molar-refractivity contribution in [2.24, 2.45) is 5.92 Å². The van der Waals surface area contributed by atoms with Gasteiger partial charge in [0.2, 0.25) is 0 Å². The minimum absolute atomic E-state index is 0.0987. The Kier molecular flexibility index (Phi) is 4.66. The molecule has 2 heterocycles. The second kappa shape index (κ2) is 6.68. The molecule has 2 aliphatic rings. The van der Waals surface area contributed by atoms with Gasteiger partial charge in [-0.25, -0.2) is 0 Å². The Hall–Kier alpha value is -1.57. The number of ether oxygens (including phenoxy) is 2. The minimum Gasteiger partial charge on any atom is -0.385 e. The molecule has 1 spiro atoms. The molecule has 4 heteroatoms. The number of benzene rings is 1. The summed E-state index contributed by atoms with van der Waals surface area (Å²) in [6.45, 7) is 3.79. The van der Waals surface area contributed by atoms with Crippen molar-refractivity contribution in [1.82, 2.24) is 0 Å². The van der Waals surface area contributed by atoms with Crippen molar-refractivity contribution in [2.75, 3.05) is 38.3 Å².